The number of ether oxygens (including phenoxy) is 2. The smallest absolute Gasteiger partial charge is 0.313 e. The van der Waals surface area contributed by atoms with Crippen molar-refractivity contribution in [2.45, 2.75) is 82.1 Å². The Labute approximate surface area is 260 Å². The number of likely N-dealkylation sites (tertiary alicyclic amines) is 1. The van der Waals surface area contributed by atoms with Gasteiger partial charge in [0.15, 0.2) is 0 Å². The molecular formula is C34H47N3O7. The van der Waals surface area contributed by atoms with Crippen LogP contribution in [0.15, 0.2) is 55.6 Å². The highest BCUT2D eigenvalue weighted by Gasteiger charge is 2.75. The molecule has 240 valence electrons. The van der Waals surface area contributed by atoms with Gasteiger partial charge < -0.3 is 29.7 Å². The van der Waals surface area contributed by atoms with E-state index >= 15 is 0 Å². The molecule has 3 saturated heterocycles. The fourth-order valence-corrected chi connectivity index (χ4v) is 6.95. The first kappa shape index (κ1) is 33.4. The van der Waals surface area contributed by atoms with E-state index in [0.29, 0.717) is 45.2 Å². The minimum Gasteiger partial charge on any atom is -0.455 e. The largest absolute Gasteiger partial charge is 0.455 e. The van der Waals surface area contributed by atoms with E-state index in [4.69, 9.17) is 9.47 Å². The molecule has 6 atom stereocenters. The third kappa shape index (κ3) is 6.91. The van der Waals surface area contributed by atoms with Crippen LogP contribution in [0.3, 0.4) is 0 Å². The molecule has 3 fully saturated rings. The number of benzene rings is 1. The molecule has 10 heteroatoms. The molecule has 0 saturated carbocycles. The number of allylic oxidation sites excluding steroid dienone is 1. The molecule has 1 spiro atoms. The van der Waals surface area contributed by atoms with E-state index in [-0.39, 0.29) is 43.8 Å². The number of hydrogen-bond acceptors (Lipinski definition) is 7. The van der Waals surface area contributed by atoms with E-state index in [0.717, 1.165) is 18.4 Å². The van der Waals surface area contributed by atoms with Crippen LogP contribution >= 0.6 is 0 Å². The second-order valence-corrected chi connectivity index (χ2v) is 11.9. The second-order valence-electron chi connectivity index (χ2n) is 11.9. The number of carbonyl (C=O) groups is 4. The molecule has 0 aromatic heterocycles. The number of rotatable bonds is 18. The number of unbranched alkanes of at least 4 members (excludes halogenated alkanes) is 2. The first-order valence-electron chi connectivity index (χ1n) is 15.9. The molecule has 2 bridgehead atoms. The van der Waals surface area contributed by atoms with Gasteiger partial charge in [-0.25, -0.2) is 0 Å². The van der Waals surface area contributed by atoms with Crippen LogP contribution in [0.5, 0.6) is 0 Å². The average molecular weight is 610 g/mol. The van der Waals surface area contributed by atoms with Gasteiger partial charge in [0, 0.05) is 32.7 Å². The zero-order valence-corrected chi connectivity index (χ0v) is 25.8. The van der Waals surface area contributed by atoms with Gasteiger partial charge in [0.05, 0.1) is 24.5 Å². The third-order valence-corrected chi connectivity index (χ3v) is 9.05. The van der Waals surface area contributed by atoms with Crippen molar-refractivity contribution >= 4 is 23.7 Å². The van der Waals surface area contributed by atoms with Gasteiger partial charge in [-0.05, 0) is 44.1 Å². The highest BCUT2D eigenvalue weighted by atomic mass is 16.6. The summed E-state index contributed by atoms with van der Waals surface area (Å²) in [6.07, 6.45) is 6.59. The van der Waals surface area contributed by atoms with Crippen LogP contribution in [0.4, 0.5) is 0 Å². The van der Waals surface area contributed by atoms with Crippen molar-refractivity contribution < 1.29 is 33.8 Å². The molecule has 3 aliphatic rings. The third-order valence-electron chi connectivity index (χ3n) is 9.05. The van der Waals surface area contributed by atoms with Crippen molar-refractivity contribution in [1.82, 2.24) is 15.1 Å². The monoisotopic (exact) mass is 609 g/mol. The van der Waals surface area contributed by atoms with Gasteiger partial charge in [-0.3, -0.25) is 19.2 Å². The van der Waals surface area contributed by atoms with E-state index in [9.17, 15) is 24.3 Å². The molecule has 3 heterocycles. The van der Waals surface area contributed by atoms with E-state index in [2.05, 4.69) is 25.4 Å². The molecule has 3 amide bonds. The number of aliphatic hydroxyl groups is 1. The van der Waals surface area contributed by atoms with Crippen LogP contribution in [-0.2, 0) is 28.7 Å². The summed E-state index contributed by atoms with van der Waals surface area (Å²) in [6, 6.07) is 8.31. The quantitative estimate of drug-likeness (QED) is 0.149. The van der Waals surface area contributed by atoms with Crippen LogP contribution in [0.1, 0.15) is 70.0 Å². The highest BCUT2D eigenvalue weighted by molar-refractivity contribution is 5.98. The molecule has 44 heavy (non-hydrogen) atoms. The maximum Gasteiger partial charge on any atom is 0.313 e. The number of aliphatic hydroxyl groups excluding tert-OH is 1. The highest BCUT2D eigenvalue weighted by Crippen LogP contribution is 2.59. The fourth-order valence-electron chi connectivity index (χ4n) is 6.95. The van der Waals surface area contributed by atoms with Crippen LogP contribution in [-0.4, -0.2) is 89.1 Å². The minimum atomic E-state index is -1.13. The van der Waals surface area contributed by atoms with Gasteiger partial charge in [0.2, 0.25) is 17.7 Å². The average Bonchev–Trinajstić information content (AvgIpc) is 3.67. The summed E-state index contributed by atoms with van der Waals surface area (Å²) in [7, 11) is 0. The summed E-state index contributed by atoms with van der Waals surface area (Å²) in [4.78, 5) is 58.1. The summed E-state index contributed by atoms with van der Waals surface area (Å²) in [5, 5.41) is 12.3. The van der Waals surface area contributed by atoms with E-state index in [1.54, 1.807) is 22.0 Å². The van der Waals surface area contributed by atoms with Crippen molar-refractivity contribution in [2.75, 3.05) is 32.8 Å². The molecule has 2 N–H and O–H groups in total. The normalized spacial score (nSPS) is 25.8. The summed E-state index contributed by atoms with van der Waals surface area (Å²) in [6.45, 7) is 10.8. The lowest BCUT2D eigenvalue weighted by Gasteiger charge is -2.36. The predicted octanol–water partition coefficient (Wildman–Crippen LogP) is 3.32. The van der Waals surface area contributed by atoms with Gasteiger partial charge in [-0.2, -0.15) is 0 Å². The molecule has 0 aliphatic carbocycles. The van der Waals surface area contributed by atoms with Crippen LogP contribution in [0, 0.1) is 11.8 Å². The van der Waals surface area contributed by atoms with Crippen LogP contribution in [0.25, 0.3) is 0 Å². The maximum absolute atomic E-state index is 14.2. The predicted molar refractivity (Wildman–Crippen MR) is 165 cm³/mol. The zero-order chi connectivity index (χ0) is 31.7. The Balaban J connectivity index is 1.61. The lowest BCUT2D eigenvalue weighted by Crippen LogP contribution is -2.56. The molecular weight excluding hydrogens is 562 g/mol. The van der Waals surface area contributed by atoms with E-state index < -0.39 is 41.7 Å². The Bertz CT molecular complexity index is 1190. The van der Waals surface area contributed by atoms with Gasteiger partial charge in [-0.15, -0.1) is 13.2 Å². The Morgan fingerprint density at radius 1 is 1.20 bits per heavy atom. The minimum absolute atomic E-state index is 0.0210. The topological polar surface area (TPSA) is 125 Å². The van der Waals surface area contributed by atoms with Crippen molar-refractivity contribution in [3.05, 3.63) is 61.2 Å². The summed E-state index contributed by atoms with van der Waals surface area (Å²) in [5.74, 6) is -2.96. The number of nitrogens with zero attached hydrogens (tertiary/aromatic N) is 2. The van der Waals surface area contributed by atoms with Crippen molar-refractivity contribution in [1.29, 1.82) is 0 Å². The molecule has 0 unspecified atom stereocenters. The Kier molecular flexibility index (Phi) is 11.7. The SMILES string of the molecule is C=CCCC(=O)NC[C@@H](OC(=O)[C@@H]1[C@@H]2CC[C@]3(O2)[C@H](C(=O)N(CC=C)CCCC)N(CCCCO)C(=O)[C@@H]13)c1ccccc1. The Morgan fingerprint density at radius 2 is 1.98 bits per heavy atom. The van der Waals surface area contributed by atoms with Gasteiger partial charge in [0.25, 0.3) is 0 Å². The summed E-state index contributed by atoms with van der Waals surface area (Å²) in [5.41, 5.74) is -0.412. The maximum atomic E-state index is 14.2. The van der Waals surface area contributed by atoms with Crippen molar-refractivity contribution in [3.8, 4) is 0 Å². The number of amides is 3. The lowest BCUT2D eigenvalue weighted by molar-refractivity contribution is -0.160. The summed E-state index contributed by atoms with van der Waals surface area (Å²) >= 11 is 0. The molecule has 1 aromatic carbocycles. The number of carbonyl (C=O) groups excluding carboxylic acids is 4. The van der Waals surface area contributed by atoms with E-state index in [1.807, 2.05) is 30.3 Å². The summed E-state index contributed by atoms with van der Waals surface area (Å²) < 4.78 is 12.6. The number of hydrogen-bond donors (Lipinski definition) is 2. The number of nitrogens with one attached hydrogen (secondary N) is 1. The Hall–Kier alpha value is -3.50. The molecule has 3 aliphatic heterocycles. The molecule has 4 rings (SSSR count). The van der Waals surface area contributed by atoms with Gasteiger partial charge in [0.1, 0.15) is 17.7 Å². The fraction of sp³-hybridized carbons (Fsp3) is 0.588. The molecule has 1 aromatic rings. The van der Waals surface area contributed by atoms with Crippen LogP contribution in [0.2, 0.25) is 0 Å². The first-order chi connectivity index (χ1) is 21.3. The number of fused-ring (bicyclic) bond motifs is 1. The van der Waals surface area contributed by atoms with Gasteiger partial charge >= 0.3 is 5.97 Å². The second kappa shape index (κ2) is 15.5. The zero-order valence-electron chi connectivity index (χ0n) is 25.8. The van der Waals surface area contributed by atoms with Crippen LogP contribution < -0.4 is 5.32 Å². The first-order valence-corrected chi connectivity index (χ1v) is 15.9. The standard InChI is InChI=1S/C34H47N3O7/c1-4-7-16-27(39)35-23-26(24-14-10-9-11-15-24)43-33(42)28-25-17-18-34(44-25)29(28)31(40)37(21-12-13-22-38)30(34)32(41)36(19-6-3)20-8-5-2/h4,6,9-11,14-15,25-26,28-30,38H,1,3,5,7-8,12-13,16-23H2,2H3,(H,35,39)/t25-,26+,28+,29+,30-,34+/m0/s1. The molecule has 10 nitrogen and oxygen atoms in total. The Morgan fingerprint density at radius 3 is 2.66 bits per heavy atom. The van der Waals surface area contributed by atoms with Crippen molar-refractivity contribution in [3.63, 3.8) is 0 Å². The van der Waals surface area contributed by atoms with Gasteiger partial charge in [-0.1, -0.05) is 55.8 Å². The van der Waals surface area contributed by atoms with Crippen molar-refractivity contribution in [2.24, 2.45) is 11.8 Å². The number of esters is 1. The van der Waals surface area contributed by atoms with E-state index in [1.165, 1.54) is 0 Å². The molecule has 0 radical (unpaired) electrons. The lowest BCUT2D eigenvalue weighted by atomic mass is 9.70.